The number of rotatable bonds is 6. The number of amides is 1. The van der Waals surface area contributed by atoms with Crippen LogP contribution in [0.15, 0.2) is 71.1 Å². The summed E-state index contributed by atoms with van der Waals surface area (Å²) >= 11 is 0. The van der Waals surface area contributed by atoms with Gasteiger partial charge in [-0.05, 0) is 68.4 Å². The van der Waals surface area contributed by atoms with Gasteiger partial charge < -0.3 is 20.0 Å². The molecule has 0 spiro atoms. The molecule has 0 saturated carbocycles. The summed E-state index contributed by atoms with van der Waals surface area (Å²) in [4.78, 5) is 19.7. The number of pyridine rings is 1. The average molecular weight is 451 g/mol. The topological polar surface area (TPSA) is 70.4 Å². The van der Waals surface area contributed by atoms with E-state index in [0.717, 1.165) is 52.4 Å². The number of nitrogens with zero attached hydrogens (tertiary/aromatic N) is 2. The normalized spacial score (nSPS) is 16.8. The maximum Gasteiger partial charge on any atom is 0.256 e. The number of nitrogens with one attached hydrogen (secondary N) is 2. The predicted molar refractivity (Wildman–Crippen MR) is 137 cm³/mol. The molecule has 2 aromatic carbocycles. The first-order valence-corrected chi connectivity index (χ1v) is 11.8. The van der Waals surface area contributed by atoms with Gasteiger partial charge in [-0.2, -0.15) is 0 Å². The van der Waals surface area contributed by atoms with E-state index in [0.29, 0.717) is 11.3 Å². The summed E-state index contributed by atoms with van der Waals surface area (Å²) in [6.07, 6.45) is 4.42. The number of fused-ring (bicyclic) bond motifs is 2. The Morgan fingerprint density at radius 1 is 1.03 bits per heavy atom. The minimum absolute atomic E-state index is 0.112. The van der Waals surface area contributed by atoms with E-state index in [9.17, 15) is 4.79 Å². The first kappa shape index (κ1) is 20.7. The SMILES string of the molecule is O=C1Nc2ccccc2/C1=C\c1ccc(-c2ccc3ccc(NCCN4CCCC4)nc3c2)o1. The Hall–Kier alpha value is -3.90. The fourth-order valence-electron chi connectivity index (χ4n) is 4.73. The molecule has 2 aliphatic heterocycles. The Morgan fingerprint density at radius 2 is 1.88 bits per heavy atom. The fraction of sp³-hybridized carbons (Fsp3) is 0.214. The second-order valence-corrected chi connectivity index (χ2v) is 8.84. The van der Waals surface area contributed by atoms with E-state index in [1.807, 2.05) is 54.6 Å². The third-order valence-electron chi connectivity index (χ3n) is 6.53. The van der Waals surface area contributed by atoms with E-state index >= 15 is 0 Å². The average Bonchev–Trinajstić information content (AvgIpc) is 3.60. The Balaban J connectivity index is 1.22. The number of furan rings is 1. The van der Waals surface area contributed by atoms with Crippen molar-refractivity contribution in [3.05, 3.63) is 78.1 Å². The van der Waals surface area contributed by atoms with Crippen LogP contribution in [0.4, 0.5) is 11.5 Å². The molecule has 0 unspecified atom stereocenters. The molecular weight excluding hydrogens is 424 g/mol. The number of likely N-dealkylation sites (tertiary alicyclic amines) is 1. The van der Waals surface area contributed by atoms with Crippen molar-refractivity contribution in [2.75, 3.05) is 36.8 Å². The van der Waals surface area contributed by atoms with Gasteiger partial charge in [0.15, 0.2) is 0 Å². The standard InChI is InChI=1S/C28H26N4O2/c33-28-23(22-5-1-2-6-24(22)31-28)18-21-10-11-26(34-21)20-8-7-19-9-12-27(30-25(19)17-20)29-13-16-32-14-3-4-15-32/h1-2,5-12,17-18H,3-4,13-16H2,(H,29,30)(H,31,33)/b23-18+. The molecule has 6 heteroatoms. The summed E-state index contributed by atoms with van der Waals surface area (Å²) in [6.45, 7) is 4.35. The smallest absolute Gasteiger partial charge is 0.256 e. The van der Waals surface area contributed by atoms with E-state index in [2.05, 4.69) is 27.7 Å². The van der Waals surface area contributed by atoms with Gasteiger partial charge in [0.05, 0.1) is 11.1 Å². The number of aromatic nitrogens is 1. The van der Waals surface area contributed by atoms with Crippen LogP contribution in [0.5, 0.6) is 0 Å². The first-order valence-electron chi connectivity index (χ1n) is 11.8. The molecule has 1 saturated heterocycles. The van der Waals surface area contributed by atoms with Gasteiger partial charge in [0.25, 0.3) is 5.91 Å². The highest BCUT2D eigenvalue weighted by Crippen LogP contribution is 2.34. The second-order valence-electron chi connectivity index (χ2n) is 8.84. The lowest BCUT2D eigenvalue weighted by atomic mass is 10.1. The molecule has 2 aromatic heterocycles. The van der Waals surface area contributed by atoms with Crippen molar-refractivity contribution >= 4 is 40.0 Å². The Morgan fingerprint density at radius 3 is 2.79 bits per heavy atom. The first-order chi connectivity index (χ1) is 16.7. The Labute approximate surface area is 198 Å². The number of benzene rings is 2. The Kier molecular flexibility index (Phi) is 5.35. The van der Waals surface area contributed by atoms with Crippen molar-refractivity contribution in [2.45, 2.75) is 12.8 Å². The largest absolute Gasteiger partial charge is 0.457 e. The summed E-state index contributed by atoms with van der Waals surface area (Å²) in [5, 5.41) is 7.44. The number of hydrogen-bond donors (Lipinski definition) is 2. The van der Waals surface area contributed by atoms with E-state index in [1.54, 1.807) is 6.08 Å². The highest BCUT2D eigenvalue weighted by molar-refractivity contribution is 6.34. The summed E-state index contributed by atoms with van der Waals surface area (Å²) in [7, 11) is 0. The molecule has 170 valence electrons. The molecule has 4 aromatic rings. The number of para-hydroxylation sites is 1. The van der Waals surface area contributed by atoms with E-state index in [-0.39, 0.29) is 5.91 Å². The van der Waals surface area contributed by atoms with Gasteiger partial charge in [-0.1, -0.05) is 30.3 Å². The van der Waals surface area contributed by atoms with Crippen LogP contribution >= 0.6 is 0 Å². The van der Waals surface area contributed by atoms with Gasteiger partial charge in [0.2, 0.25) is 0 Å². The van der Waals surface area contributed by atoms with Crippen molar-refractivity contribution in [1.29, 1.82) is 0 Å². The van der Waals surface area contributed by atoms with Crippen molar-refractivity contribution in [1.82, 2.24) is 9.88 Å². The lowest BCUT2D eigenvalue weighted by molar-refractivity contribution is -0.110. The van der Waals surface area contributed by atoms with Crippen LogP contribution < -0.4 is 10.6 Å². The zero-order chi connectivity index (χ0) is 22.9. The lowest BCUT2D eigenvalue weighted by Crippen LogP contribution is -2.26. The zero-order valence-electron chi connectivity index (χ0n) is 18.9. The molecule has 34 heavy (non-hydrogen) atoms. The molecule has 0 atom stereocenters. The molecule has 0 aliphatic carbocycles. The van der Waals surface area contributed by atoms with E-state index in [1.165, 1.54) is 25.9 Å². The van der Waals surface area contributed by atoms with Crippen LogP contribution in [0, 0.1) is 0 Å². The van der Waals surface area contributed by atoms with Crippen molar-refractivity contribution < 1.29 is 9.21 Å². The quantitative estimate of drug-likeness (QED) is 0.380. The number of hydrogen-bond acceptors (Lipinski definition) is 5. The predicted octanol–water partition coefficient (Wildman–Crippen LogP) is 5.50. The van der Waals surface area contributed by atoms with Gasteiger partial charge in [-0.25, -0.2) is 4.98 Å². The molecule has 2 aliphatic rings. The minimum Gasteiger partial charge on any atom is -0.457 e. The minimum atomic E-state index is -0.112. The summed E-state index contributed by atoms with van der Waals surface area (Å²) in [5.41, 5.74) is 4.21. The van der Waals surface area contributed by atoms with Gasteiger partial charge in [0.1, 0.15) is 17.3 Å². The van der Waals surface area contributed by atoms with Gasteiger partial charge in [0, 0.05) is 35.3 Å². The van der Waals surface area contributed by atoms with Crippen LogP contribution in [0.2, 0.25) is 0 Å². The summed E-state index contributed by atoms with van der Waals surface area (Å²) in [6, 6.07) is 21.8. The molecule has 2 N–H and O–H groups in total. The van der Waals surface area contributed by atoms with Crippen molar-refractivity contribution in [3.8, 4) is 11.3 Å². The van der Waals surface area contributed by atoms with E-state index < -0.39 is 0 Å². The number of anilines is 2. The second kappa shape index (κ2) is 8.80. The third kappa shape index (κ3) is 4.08. The molecule has 4 heterocycles. The van der Waals surface area contributed by atoms with Crippen LogP contribution in [0.25, 0.3) is 33.9 Å². The van der Waals surface area contributed by atoms with Gasteiger partial charge in [-0.15, -0.1) is 0 Å². The van der Waals surface area contributed by atoms with Crippen molar-refractivity contribution in [3.63, 3.8) is 0 Å². The fourth-order valence-corrected chi connectivity index (χ4v) is 4.73. The molecular formula is C28H26N4O2. The summed E-state index contributed by atoms with van der Waals surface area (Å²) < 4.78 is 6.09. The molecule has 0 bridgehead atoms. The highest BCUT2D eigenvalue weighted by atomic mass is 16.3. The zero-order valence-corrected chi connectivity index (χ0v) is 18.9. The molecule has 1 fully saturated rings. The van der Waals surface area contributed by atoms with Crippen LogP contribution in [0.1, 0.15) is 24.2 Å². The summed E-state index contributed by atoms with van der Waals surface area (Å²) in [5.74, 6) is 2.16. The lowest BCUT2D eigenvalue weighted by Gasteiger charge is -2.15. The maximum atomic E-state index is 12.4. The number of carbonyl (C=O) groups excluding carboxylic acids is 1. The molecule has 6 rings (SSSR count). The van der Waals surface area contributed by atoms with Crippen LogP contribution in [0.3, 0.4) is 0 Å². The molecule has 6 nitrogen and oxygen atoms in total. The van der Waals surface area contributed by atoms with Crippen molar-refractivity contribution in [2.24, 2.45) is 0 Å². The Bertz CT molecular complexity index is 1400. The van der Waals surface area contributed by atoms with Crippen LogP contribution in [-0.4, -0.2) is 42.0 Å². The van der Waals surface area contributed by atoms with Gasteiger partial charge in [-0.3, -0.25) is 4.79 Å². The highest BCUT2D eigenvalue weighted by Gasteiger charge is 2.23. The maximum absolute atomic E-state index is 12.4. The van der Waals surface area contributed by atoms with Gasteiger partial charge >= 0.3 is 0 Å². The van der Waals surface area contributed by atoms with E-state index in [4.69, 9.17) is 9.40 Å². The van der Waals surface area contributed by atoms with Crippen LogP contribution in [-0.2, 0) is 4.79 Å². The third-order valence-corrected chi connectivity index (χ3v) is 6.53. The number of carbonyl (C=O) groups is 1. The molecule has 0 radical (unpaired) electrons. The molecule has 1 amide bonds. The monoisotopic (exact) mass is 450 g/mol.